The van der Waals surface area contributed by atoms with Crippen molar-refractivity contribution in [3.8, 4) is 0 Å². The van der Waals surface area contributed by atoms with Gasteiger partial charge in [-0.25, -0.2) is 0 Å². The van der Waals surface area contributed by atoms with Crippen LogP contribution in [0.25, 0.3) is 5.57 Å². The summed E-state index contributed by atoms with van der Waals surface area (Å²) < 4.78 is 5.99. The average molecular weight is 401 g/mol. The molecule has 1 aromatic rings. The molecule has 1 saturated heterocycles. The maximum absolute atomic E-state index is 13.2. The van der Waals surface area contributed by atoms with E-state index in [-0.39, 0.29) is 11.9 Å². The third-order valence-corrected chi connectivity index (χ3v) is 5.60. The summed E-state index contributed by atoms with van der Waals surface area (Å²) in [5.41, 5.74) is 1.99. The smallest absolute Gasteiger partial charge is 0.316 e. The molecule has 1 aromatic carbocycles. The number of hydroxylamine groups is 2. The predicted molar refractivity (Wildman–Crippen MR) is 112 cm³/mol. The van der Waals surface area contributed by atoms with Crippen LogP contribution in [0.3, 0.4) is 0 Å². The zero-order valence-electron chi connectivity index (χ0n) is 18.3. The predicted octanol–water partition coefficient (Wildman–Crippen LogP) is 3.52. The van der Waals surface area contributed by atoms with Gasteiger partial charge >= 0.3 is 5.97 Å². The molecule has 0 atom stereocenters. The first-order chi connectivity index (χ1) is 13.6. The number of ether oxygens (including phenoxy) is 1. The van der Waals surface area contributed by atoms with Crippen molar-refractivity contribution < 1.29 is 19.2 Å². The Hall–Kier alpha value is -2.18. The number of aryl methyl sites for hydroxylation is 2. The highest BCUT2D eigenvalue weighted by atomic mass is 16.7. The maximum Gasteiger partial charge on any atom is 0.316 e. The Morgan fingerprint density at radius 2 is 1.86 bits per heavy atom. The minimum absolute atomic E-state index is 0.180. The van der Waals surface area contributed by atoms with Crippen molar-refractivity contribution >= 4 is 17.4 Å². The average Bonchev–Trinajstić information content (AvgIpc) is 2.90. The van der Waals surface area contributed by atoms with Gasteiger partial charge in [0.1, 0.15) is 11.3 Å². The lowest BCUT2D eigenvalue weighted by Crippen LogP contribution is -2.53. The van der Waals surface area contributed by atoms with Crippen molar-refractivity contribution in [2.45, 2.75) is 59.9 Å². The van der Waals surface area contributed by atoms with Gasteiger partial charge in [-0.3, -0.25) is 14.4 Å². The second kappa shape index (κ2) is 7.92. The quantitative estimate of drug-likeness (QED) is 0.784. The third-order valence-electron chi connectivity index (χ3n) is 5.60. The fourth-order valence-corrected chi connectivity index (χ4v) is 3.85. The van der Waals surface area contributed by atoms with Crippen LogP contribution in [0.15, 0.2) is 24.0 Å². The van der Waals surface area contributed by atoms with Crippen LogP contribution >= 0.6 is 0 Å². The summed E-state index contributed by atoms with van der Waals surface area (Å²) in [7, 11) is 0. The van der Waals surface area contributed by atoms with Crippen LogP contribution in [0.4, 0.5) is 0 Å². The topological polar surface area (TPSA) is 67.9 Å². The molecule has 1 N–H and O–H groups in total. The lowest BCUT2D eigenvalue weighted by Gasteiger charge is -2.39. The van der Waals surface area contributed by atoms with Crippen molar-refractivity contribution in [3.63, 3.8) is 0 Å². The second-order valence-corrected chi connectivity index (χ2v) is 9.05. The van der Waals surface area contributed by atoms with E-state index < -0.39 is 11.0 Å². The maximum atomic E-state index is 13.2. The van der Waals surface area contributed by atoms with Crippen LogP contribution < -0.4 is 5.32 Å². The summed E-state index contributed by atoms with van der Waals surface area (Å²) in [6, 6.07) is 6.00. The first-order valence-corrected chi connectivity index (χ1v) is 10.3. The highest BCUT2D eigenvalue weighted by Gasteiger charge is 2.50. The third kappa shape index (κ3) is 4.23. The normalized spacial score (nSPS) is 19.6. The van der Waals surface area contributed by atoms with E-state index in [1.165, 1.54) is 0 Å². The van der Waals surface area contributed by atoms with Gasteiger partial charge in [-0.05, 0) is 65.5 Å². The van der Waals surface area contributed by atoms with Gasteiger partial charge in [0, 0.05) is 13.1 Å². The molecule has 0 aromatic heterocycles. The van der Waals surface area contributed by atoms with E-state index in [4.69, 9.17) is 9.57 Å². The van der Waals surface area contributed by atoms with Crippen LogP contribution in [0.2, 0.25) is 0 Å². The van der Waals surface area contributed by atoms with Crippen molar-refractivity contribution in [1.82, 2.24) is 10.4 Å². The molecule has 0 radical (unpaired) electrons. The number of rotatable bonds is 4. The standard InChI is InChI=1S/C23H32N2O4/c1-7-28-25-12-10-23(11-13-25)19(29-21(27)22(4,5)6)18(20(26)24-23)17-14-15(2)8-9-16(17)3/h8-9,14H,7,10-13H2,1-6H3,(H,24,26). The number of benzene rings is 1. The molecular weight excluding hydrogens is 368 g/mol. The van der Waals surface area contributed by atoms with Crippen molar-refractivity contribution in [1.29, 1.82) is 0 Å². The van der Waals surface area contributed by atoms with E-state index >= 15 is 0 Å². The SMILES string of the molecule is CCON1CCC2(CC1)NC(=O)C(c1cc(C)ccc1C)=C2OC(=O)C(C)(C)C. The molecule has 2 heterocycles. The highest BCUT2D eigenvalue weighted by Crippen LogP contribution is 2.42. The monoisotopic (exact) mass is 400 g/mol. The summed E-state index contributed by atoms with van der Waals surface area (Å²) in [5, 5.41) is 5.07. The van der Waals surface area contributed by atoms with Gasteiger partial charge in [0.2, 0.25) is 0 Å². The fraction of sp³-hybridized carbons (Fsp3) is 0.565. The molecule has 2 aliphatic heterocycles. The Kier molecular flexibility index (Phi) is 5.88. The summed E-state index contributed by atoms with van der Waals surface area (Å²) in [6.07, 6.45) is 1.25. The summed E-state index contributed by atoms with van der Waals surface area (Å²) >= 11 is 0. The number of hydrogen-bond donors (Lipinski definition) is 1. The van der Waals surface area contributed by atoms with E-state index in [1.54, 1.807) is 0 Å². The number of nitrogens with zero attached hydrogens (tertiary/aromatic N) is 1. The van der Waals surface area contributed by atoms with Crippen LogP contribution in [0, 0.1) is 19.3 Å². The molecule has 158 valence electrons. The molecule has 0 aliphatic carbocycles. The Morgan fingerprint density at radius 3 is 2.45 bits per heavy atom. The van der Waals surface area contributed by atoms with Gasteiger partial charge in [0.15, 0.2) is 0 Å². The van der Waals surface area contributed by atoms with Gasteiger partial charge in [0.05, 0.1) is 17.6 Å². The number of esters is 1. The van der Waals surface area contributed by atoms with Gasteiger partial charge in [-0.1, -0.05) is 23.8 Å². The number of hydrogen-bond acceptors (Lipinski definition) is 5. The lowest BCUT2D eigenvalue weighted by atomic mass is 9.85. The number of amides is 1. The van der Waals surface area contributed by atoms with Crippen LogP contribution in [0.1, 0.15) is 57.2 Å². The van der Waals surface area contributed by atoms with Crippen LogP contribution in [-0.4, -0.2) is 42.2 Å². The van der Waals surface area contributed by atoms with E-state index in [2.05, 4.69) is 5.32 Å². The lowest BCUT2D eigenvalue weighted by molar-refractivity contribution is -0.174. The number of carbonyl (C=O) groups excluding carboxylic acids is 2. The Labute approximate surface area is 173 Å². The van der Waals surface area contributed by atoms with E-state index in [1.807, 2.05) is 64.8 Å². The molecular formula is C23H32N2O4. The first kappa shape index (κ1) is 21.5. The largest absolute Gasteiger partial charge is 0.427 e. The Bertz CT molecular complexity index is 843. The summed E-state index contributed by atoms with van der Waals surface area (Å²) in [4.78, 5) is 31.6. The summed E-state index contributed by atoms with van der Waals surface area (Å²) in [5.74, 6) is -0.0500. The van der Waals surface area contributed by atoms with Crippen molar-refractivity contribution in [3.05, 3.63) is 40.6 Å². The number of carbonyl (C=O) groups is 2. The molecule has 1 spiro atoms. The zero-order valence-corrected chi connectivity index (χ0v) is 18.3. The molecule has 2 aliphatic rings. The second-order valence-electron chi connectivity index (χ2n) is 9.05. The number of nitrogens with one attached hydrogen (secondary N) is 1. The van der Waals surface area contributed by atoms with Crippen LogP contribution in [-0.2, 0) is 19.2 Å². The minimum atomic E-state index is -0.683. The highest BCUT2D eigenvalue weighted by molar-refractivity contribution is 6.24. The molecule has 3 rings (SSSR count). The van der Waals surface area contributed by atoms with Crippen molar-refractivity contribution in [2.75, 3.05) is 19.7 Å². The van der Waals surface area contributed by atoms with Gasteiger partial charge < -0.3 is 10.1 Å². The van der Waals surface area contributed by atoms with E-state index in [9.17, 15) is 9.59 Å². The van der Waals surface area contributed by atoms with E-state index in [0.29, 0.717) is 43.9 Å². The van der Waals surface area contributed by atoms with E-state index in [0.717, 1.165) is 16.7 Å². The zero-order chi connectivity index (χ0) is 21.4. The fourth-order valence-electron chi connectivity index (χ4n) is 3.85. The van der Waals surface area contributed by atoms with Gasteiger partial charge in [0.25, 0.3) is 5.91 Å². The molecule has 1 fully saturated rings. The van der Waals surface area contributed by atoms with Gasteiger partial charge in [-0.15, -0.1) is 0 Å². The molecule has 29 heavy (non-hydrogen) atoms. The molecule has 6 nitrogen and oxygen atoms in total. The molecule has 0 saturated carbocycles. The molecule has 0 unspecified atom stereocenters. The first-order valence-electron chi connectivity index (χ1n) is 10.3. The van der Waals surface area contributed by atoms with Crippen LogP contribution in [0.5, 0.6) is 0 Å². The number of piperidine rings is 1. The molecule has 6 heteroatoms. The van der Waals surface area contributed by atoms with Crippen molar-refractivity contribution in [2.24, 2.45) is 5.41 Å². The Balaban J connectivity index is 2.08. The minimum Gasteiger partial charge on any atom is -0.427 e. The van der Waals surface area contributed by atoms with Gasteiger partial charge in [-0.2, -0.15) is 5.06 Å². The molecule has 1 amide bonds. The molecule has 0 bridgehead atoms. The summed E-state index contributed by atoms with van der Waals surface area (Å²) in [6.45, 7) is 13.3. The Morgan fingerprint density at radius 1 is 1.21 bits per heavy atom.